The van der Waals surface area contributed by atoms with Gasteiger partial charge in [0.15, 0.2) is 0 Å². The van der Waals surface area contributed by atoms with Crippen LogP contribution in [0.4, 0.5) is 5.69 Å². The smallest absolute Gasteiger partial charge is 0.269 e. The van der Waals surface area contributed by atoms with Crippen LogP contribution in [-0.2, 0) is 11.3 Å². The summed E-state index contributed by atoms with van der Waals surface area (Å²) in [5.74, 6) is 0.489. The van der Waals surface area contributed by atoms with Crippen LogP contribution in [0.1, 0.15) is 44.1 Å². The zero-order valence-corrected chi connectivity index (χ0v) is 14.8. The second kappa shape index (κ2) is 8.43. The summed E-state index contributed by atoms with van der Waals surface area (Å²) in [7, 11) is 0. The fourth-order valence-corrected chi connectivity index (χ4v) is 4.10. The summed E-state index contributed by atoms with van der Waals surface area (Å²) in [6.07, 6.45) is 6.83. The number of nitro groups is 1. The first-order chi connectivity index (χ1) is 12.1. The highest BCUT2D eigenvalue weighted by Gasteiger charge is 2.31. The molecule has 2 aliphatic rings. The fraction of sp³-hybridized carbons (Fsp3) is 0.632. The zero-order chi connectivity index (χ0) is 17.6. The lowest BCUT2D eigenvalue weighted by Gasteiger charge is -2.32. The van der Waals surface area contributed by atoms with Crippen LogP contribution in [0.3, 0.4) is 0 Å². The van der Waals surface area contributed by atoms with Gasteiger partial charge in [-0.15, -0.1) is 0 Å². The highest BCUT2D eigenvalue weighted by molar-refractivity contribution is 5.79. The van der Waals surface area contributed by atoms with E-state index in [1.807, 2.05) is 12.1 Å². The van der Waals surface area contributed by atoms with Gasteiger partial charge >= 0.3 is 0 Å². The van der Waals surface area contributed by atoms with E-state index in [0.29, 0.717) is 5.91 Å². The lowest BCUT2D eigenvalue weighted by Crippen LogP contribution is -3.12. The Labute approximate surface area is 148 Å². The van der Waals surface area contributed by atoms with Crippen molar-refractivity contribution in [3.63, 3.8) is 0 Å². The first kappa shape index (κ1) is 17.9. The van der Waals surface area contributed by atoms with E-state index in [4.69, 9.17) is 0 Å². The summed E-state index contributed by atoms with van der Waals surface area (Å²) < 4.78 is 0. The van der Waals surface area contributed by atoms with Crippen molar-refractivity contribution >= 4 is 11.6 Å². The predicted molar refractivity (Wildman–Crippen MR) is 95.3 cm³/mol. The van der Waals surface area contributed by atoms with Gasteiger partial charge in [-0.05, 0) is 37.8 Å². The van der Waals surface area contributed by atoms with Crippen molar-refractivity contribution in [2.75, 3.05) is 26.2 Å². The Bertz CT molecular complexity index is 594. The number of rotatable bonds is 4. The molecule has 1 N–H and O–H groups in total. The van der Waals surface area contributed by atoms with E-state index < -0.39 is 0 Å². The number of hydrogen-bond donors (Lipinski definition) is 1. The Morgan fingerprint density at radius 2 is 1.80 bits per heavy atom. The van der Waals surface area contributed by atoms with Gasteiger partial charge < -0.3 is 9.80 Å². The topological polar surface area (TPSA) is 67.9 Å². The summed E-state index contributed by atoms with van der Waals surface area (Å²) in [4.78, 5) is 26.7. The van der Waals surface area contributed by atoms with Crippen LogP contribution in [-0.4, -0.2) is 41.9 Å². The molecule has 1 unspecified atom stereocenters. The number of nitrogens with one attached hydrogen (secondary N) is 1. The molecule has 2 fully saturated rings. The van der Waals surface area contributed by atoms with Gasteiger partial charge in [0.2, 0.25) is 5.91 Å². The first-order valence-corrected chi connectivity index (χ1v) is 9.49. The molecule has 0 bridgehead atoms. The average molecular weight is 346 g/mol. The first-order valence-electron chi connectivity index (χ1n) is 9.49. The number of amides is 1. The summed E-state index contributed by atoms with van der Waals surface area (Å²) >= 11 is 0. The van der Waals surface area contributed by atoms with E-state index in [1.54, 1.807) is 12.1 Å². The van der Waals surface area contributed by atoms with Gasteiger partial charge in [0.05, 0.1) is 23.9 Å². The largest absolute Gasteiger partial charge is 0.342 e. The third-order valence-electron chi connectivity index (χ3n) is 5.49. The zero-order valence-electron chi connectivity index (χ0n) is 14.8. The molecule has 1 amide bonds. The molecule has 6 heteroatoms. The van der Waals surface area contributed by atoms with Crippen molar-refractivity contribution in [1.29, 1.82) is 0 Å². The molecule has 0 spiro atoms. The van der Waals surface area contributed by atoms with Gasteiger partial charge in [-0.25, -0.2) is 0 Å². The quantitative estimate of drug-likeness (QED) is 0.668. The van der Waals surface area contributed by atoms with E-state index >= 15 is 0 Å². The normalized spacial score (nSPS) is 24.6. The molecule has 25 heavy (non-hydrogen) atoms. The summed E-state index contributed by atoms with van der Waals surface area (Å²) in [6.45, 7) is 4.63. The molecule has 3 rings (SSSR count). The molecule has 0 saturated carbocycles. The van der Waals surface area contributed by atoms with Crippen molar-refractivity contribution in [2.45, 2.75) is 45.1 Å². The molecule has 0 aromatic heterocycles. The number of non-ortho nitro benzene ring substituents is 1. The fourth-order valence-electron chi connectivity index (χ4n) is 4.10. The number of benzene rings is 1. The maximum Gasteiger partial charge on any atom is 0.269 e. The molecule has 1 aromatic rings. The molecule has 6 nitrogen and oxygen atoms in total. The lowest BCUT2D eigenvalue weighted by atomic mass is 9.96. The molecule has 1 aromatic carbocycles. The minimum Gasteiger partial charge on any atom is -0.342 e. The number of piperidine rings is 1. The van der Waals surface area contributed by atoms with E-state index in [9.17, 15) is 14.9 Å². The summed E-state index contributed by atoms with van der Waals surface area (Å²) in [5, 5.41) is 10.8. The Morgan fingerprint density at radius 3 is 2.44 bits per heavy atom. The molecular formula is C19H28N3O3+. The lowest BCUT2D eigenvalue weighted by molar-refractivity contribution is -0.921. The Balaban J connectivity index is 1.56. The maximum atomic E-state index is 12.9. The molecular weight excluding hydrogens is 318 g/mol. The molecule has 136 valence electrons. The molecule has 0 radical (unpaired) electrons. The maximum absolute atomic E-state index is 12.9. The average Bonchev–Trinajstić information content (AvgIpc) is 2.91. The molecule has 0 aliphatic carbocycles. The van der Waals surface area contributed by atoms with Crippen LogP contribution < -0.4 is 4.90 Å². The third kappa shape index (κ3) is 4.78. The van der Waals surface area contributed by atoms with Crippen LogP contribution in [0.15, 0.2) is 24.3 Å². The van der Waals surface area contributed by atoms with Gasteiger partial charge in [-0.2, -0.15) is 0 Å². The molecule has 2 aliphatic heterocycles. The number of quaternary nitrogens is 1. The van der Waals surface area contributed by atoms with Crippen LogP contribution in [0.2, 0.25) is 0 Å². The van der Waals surface area contributed by atoms with Gasteiger partial charge in [-0.3, -0.25) is 14.9 Å². The standard InChI is InChI=1S/C19H27N3O3/c23-19(21-12-3-1-2-4-13-21)17-6-5-11-20(15-17)14-16-7-9-18(10-8-16)22(24)25/h7-10,17H,1-6,11-15H2/p+1/t17-/m0/s1. The summed E-state index contributed by atoms with van der Waals surface area (Å²) in [5.41, 5.74) is 1.23. The Morgan fingerprint density at radius 1 is 1.12 bits per heavy atom. The number of carbonyl (C=O) groups excluding carboxylic acids is 1. The minimum absolute atomic E-state index is 0.131. The van der Waals surface area contributed by atoms with Crippen LogP contribution in [0.5, 0.6) is 0 Å². The number of likely N-dealkylation sites (tertiary alicyclic amines) is 2. The number of carbonyl (C=O) groups is 1. The second-order valence-corrected chi connectivity index (χ2v) is 7.38. The molecule has 2 saturated heterocycles. The van der Waals surface area contributed by atoms with E-state index in [2.05, 4.69) is 4.90 Å². The van der Waals surface area contributed by atoms with Gasteiger partial charge in [0.25, 0.3) is 5.69 Å². The molecule has 2 atom stereocenters. The van der Waals surface area contributed by atoms with E-state index in [0.717, 1.165) is 64.0 Å². The second-order valence-electron chi connectivity index (χ2n) is 7.38. The Hall–Kier alpha value is -1.95. The van der Waals surface area contributed by atoms with Gasteiger partial charge in [0.1, 0.15) is 6.54 Å². The predicted octanol–water partition coefficient (Wildman–Crippen LogP) is 1.79. The van der Waals surface area contributed by atoms with Crippen LogP contribution in [0, 0.1) is 16.0 Å². The van der Waals surface area contributed by atoms with Crippen molar-refractivity contribution in [2.24, 2.45) is 5.92 Å². The highest BCUT2D eigenvalue weighted by atomic mass is 16.6. The van der Waals surface area contributed by atoms with Crippen molar-refractivity contribution in [1.82, 2.24) is 4.90 Å². The van der Waals surface area contributed by atoms with Crippen LogP contribution in [0.25, 0.3) is 0 Å². The number of hydrogen-bond acceptors (Lipinski definition) is 3. The molecule has 2 heterocycles. The summed E-state index contributed by atoms with van der Waals surface area (Å²) in [6, 6.07) is 6.81. The van der Waals surface area contributed by atoms with Crippen molar-refractivity contribution in [3.05, 3.63) is 39.9 Å². The SMILES string of the molecule is O=C([C@H]1CCC[NH+](Cc2ccc([N+](=O)[O-])cc2)C1)N1CCCCCC1. The van der Waals surface area contributed by atoms with Crippen LogP contribution >= 0.6 is 0 Å². The number of nitro benzene ring substituents is 1. The number of nitrogens with zero attached hydrogens (tertiary/aromatic N) is 2. The highest BCUT2D eigenvalue weighted by Crippen LogP contribution is 2.17. The monoisotopic (exact) mass is 346 g/mol. The van der Waals surface area contributed by atoms with Gasteiger partial charge in [0, 0.05) is 30.8 Å². The van der Waals surface area contributed by atoms with Crippen molar-refractivity contribution in [3.8, 4) is 0 Å². The minimum atomic E-state index is -0.368. The van der Waals surface area contributed by atoms with Crippen molar-refractivity contribution < 1.29 is 14.6 Å². The van der Waals surface area contributed by atoms with E-state index in [1.165, 1.54) is 17.7 Å². The third-order valence-corrected chi connectivity index (χ3v) is 5.49. The van der Waals surface area contributed by atoms with E-state index in [-0.39, 0.29) is 16.5 Å². The van der Waals surface area contributed by atoms with Gasteiger partial charge in [-0.1, -0.05) is 12.8 Å². The Kier molecular flexibility index (Phi) is 6.02.